The van der Waals surface area contributed by atoms with E-state index < -0.39 is 0 Å². The monoisotopic (exact) mass is 445 g/mol. The zero-order chi connectivity index (χ0) is 21.7. The standard InChI is InChI=1S/C26H20ClNO4/c27-23-13-21-19-7-4-8-20(19)26(29)32-24(21)22-14-28(15-30-25(22)23)16-9-11-18(12-10-16)31-17-5-2-1-3-6-17/h1-3,5-6,9-13H,4,7-8,14-15H2. The summed E-state index contributed by atoms with van der Waals surface area (Å²) in [5, 5.41) is 1.49. The molecule has 32 heavy (non-hydrogen) atoms. The maximum absolute atomic E-state index is 12.6. The van der Waals surface area contributed by atoms with Crippen LogP contribution in [0.2, 0.25) is 5.02 Å². The van der Waals surface area contributed by atoms with E-state index in [-0.39, 0.29) is 5.63 Å². The van der Waals surface area contributed by atoms with Gasteiger partial charge in [0, 0.05) is 16.6 Å². The van der Waals surface area contributed by atoms with Crippen molar-refractivity contribution >= 4 is 28.3 Å². The molecule has 1 aromatic heterocycles. The summed E-state index contributed by atoms with van der Waals surface area (Å²) >= 11 is 6.57. The summed E-state index contributed by atoms with van der Waals surface area (Å²) in [4.78, 5) is 14.6. The van der Waals surface area contributed by atoms with Gasteiger partial charge in [-0.1, -0.05) is 29.8 Å². The van der Waals surface area contributed by atoms with E-state index in [1.165, 1.54) is 0 Å². The number of aryl methyl sites for hydroxylation is 1. The molecule has 4 aromatic rings. The number of hydrogen-bond acceptors (Lipinski definition) is 5. The molecule has 6 rings (SSSR count). The fraction of sp³-hybridized carbons (Fsp3) is 0.192. The van der Waals surface area contributed by atoms with E-state index >= 15 is 0 Å². The van der Waals surface area contributed by atoms with Gasteiger partial charge in [0.25, 0.3) is 0 Å². The van der Waals surface area contributed by atoms with Gasteiger partial charge in [-0.2, -0.15) is 0 Å². The molecule has 3 aromatic carbocycles. The lowest BCUT2D eigenvalue weighted by molar-refractivity contribution is 0.289. The lowest BCUT2D eigenvalue weighted by atomic mass is 10.0. The minimum absolute atomic E-state index is 0.242. The Kier molecular flexibility index (Phi) is 4.58. The van der Waals surface area contributed by atoms with Gasteiger partial charge in [-0.05, 0) is 67.3 Å². The predicted molar refractivity (Wildman–Crippen MR) is 124 cm³/mol. The summed E-state index contributed by atoms with van der Waals surface area (Å²) in [5.74, 6) is 2.15. The van der Waals surface area contributed by atoms with Crippen molar-refractivity contribution in [2.45, 2.75) is 25.8 Å². The van der Waals surface area contributed by atoms with E-state index in [1.807, 2.05) is 60.7 Å². The molecule has 0 atom stereocenters. The van der Waals surface area contributed by atoms with E-state index in [2.05, 4.69) is 4.90 Å². The van der Waals surface area contributed by atoms with Gasteiger partial charge in [0.15, 0.2) is 6.73 Å². The van der Waals surface area contributed by atoms with Gasteiger partial charge in [-0.15, -0.1) is 0 Å². The fourth-order valence-electron chi connectivity index (χ4n) is 4.62. The van der Waals surface area contributed by atoms with Crippen LogP contribution in [0.25, 0.3) is 11.0 Å². The third-order valence-electron chi connectivity index (χ3n) is 6.16. The first-order chi connectivity index (χ1) is 15.7. The second kappa shape index (κ2) is 7.61. The Bertz CT molecular complexity index is 1380. The smallest absolute Gasteiger partial charge is 0.339 e. The SMILES string of the molecule is O=c1oc2c3c(c(Cl)cc2c2c1CCC2)OCN(c1ccc(Oc2ccccc2)cc1)C3. The molecule has 1 aliphatic carbocycles. The number of para-hydroxylation sites is 1. The highest BCUT2D eigenvalue weighted by Gasteiger charge is 2.28. The number of nitrogens with zero attached hydrogens (tertiary/aromatic N) is 1. The van der Waals surface area contributed by atoms with Crippen molar-refractivity contribution in [3.63, 3.8) is 0 Å². The molecular formula is C26H20ClNO4. The van der Waals surface area contributed by atoms with Crippen molar-refractivity contribution in [1.29, 1.82) is 0 Å². The molecular weight excluding hydrogens is 426 g/mol. The molecule has 5 nitrogen and oxygen atoms in total. The van der Waals surface area contributed by atoms with Crippen LogP contribution in [0.4, 0.5) is 5.69 Å². The van der Waals surface area contributed by atoms with Crippen LogP contribution in [0.15, 0.2) is 69.9 Å². The summed E-state index contributed by atoms with van der Waals surface area (Å²) < 4.78 is 17.7. The molecule has 1 aliphatic heterocycles. The first-order valence-corrected chi connectivity index (χ1v) is 11.1. The number of benzene rings is 3. The third-order valence-corrected chi connectivity index (χ3v) is 6.44. The maximum atomic E-state index is 12.6. The zero-order valence-electron chi connectivity index (χ0n) is 17.3. The van der Waals surface area contributed by atoms with Crippen molar-refractivity contribution in [3.05, 3.63) is 92.8 Å². The van der Waals surface area contributed by atoms with E-state index in [0.29, 0.717) is 29.6 Å². The Balaban J connectivity index is 1.34. The quantitative estimate of drug-likeness (QED) is 0.357. The van der Waals surface area contributed by atoms with E-state index in [9.17, 15) is 4.79 Å². The average molecular weight is 446 g/mol. The molecule has 0 fully saturated rings. The highest BCUT2D eigenvalue weighted by atomic mass is 35.5. The minimum Gasteiger partial charge on any atom is -0.471 e. The molecule has 2 heterocycles. The Morgan fingerprint density at radius 2 is 1.66 bits per heavy atom. The largest absolute Gasteiger partial charge is 0.471 e. The number of hydrogen-bond donors (Lipinski definition) is 0. The average Bonchev–Trinajstić information content (AvgIpc) is 3.32. The van der Waals surface area contributed by atoms with Crippen molar-refractivity contribution in [2.75, 3.05) is 11.6 Å². The highest BCUT2D eigenvalue weighted by Crippen LogP contribution is 2.42. The van der Waals surface area contributed by atoms with Gasteiger partial charge in [0.1, 0.15) is 22.8 Å². The lowest BCUT2D eigenvalue weighted by Gasteiger charge is -2.31. The molecule has 0 saturated heterocycles. The summed E-state index contributed by atoms with van der Waals surface area (Å²) in [7, 11) is 0. The van der Waals surface area contributed by atoms with Crippen LogP contribution in [0.5, 0.6) is 17.2 Å². The number of anilines is 1. The van der Waals surface area contributed by atoms with Crippen molar-refractivity contribution in [2.24, 2.45) is 0 Å². The molecule has 0 saturated carbocycles. The van der Waals surface area contributed by atoms with Gasteiger partial charge in [-0.25, -0.2) is 4.79 Å². The van der Waals surface area contributed by atoms with Gasteiger partial charge < -0.3 is 18.8 Å². The first-order valence-electron chi connectivity index (χ1n) is 10.7. The predicted octanol–water partition coefficient (Wildman–Crippen LogP) is 6.08. The van der Waals surface area contributed by atoms with Gasteiger partial charge >= 0.3 is 5.63 Å². The molecule has 0 unspecified atom stereocenters. The van der Waals surface area contributed by atoms with Crippen molar-refractivity contribution in [3.8, 4) is 17.2 Å². The molecule has 0 spiro atoms. The molecule has 6 heteroatoms. The molecule has 0 radical (unpaired) electrons. The third kappa shape index (κ3) is 3.21. The lowest BCUT2D eigenvalue weighted by Crippen LogP contribution is -2.32. The Morgan fingerprint density at radius 1 is 0.906 bits per heavy atom. The van der Waals surface area contributed by atoms with Gasteiger partial charge in [0.2, 0.25) is 0 Å². The summed E-state index contributed by atoms with van der Waals surface area (Å²) in [6, 6.07) is 19.4. The van der Waals surface area contributed by atoms with Crippen LogP contribution in [-0.2, 0) is 19.4 Å². The highest BCUT2D eigenvalue weighted by molar-refractivity contribution is 6.33. The van der Waals surface area contributed by atoms with Gasteiger partial charge in [-0.3, -0.25) is 0 Å². The molecule has 0 N–H and O–H groups in total. The Morgan fingerprint density at radius 3 is 2.47 bits per heavy atom. The Labute approximate surface area is 189 Å². The van der Waals surface area contributed by atoms with E-state index in [0.717, 1.165) is 58.5 Å². The summed E-state index contributed by atoms with van der Waals surface area (Å²) in [6.07, 6.45) is 2.61. The number of rotatable bonds is 3. The maximum Gasteiger partial charge on any atom is 0.339 e. The second-order valence-electron chi connectivity index (χ2n) is 8.12. The second-order valence-corrected chi connectivity index (χ2v) is 8.53. The topological polar surface area (TPSA) is 51.9 Å². The molecule has 0 amide bonds. The van der Waals surface area contributed by atoms with Crippen LogP contribution < -0.4 is 20.0 Å². The normalized spacial score (nSPS) is 14.7. The number of fused-ring (bicyclic) bond motifs is 5. The molecule has 160 valence electrons. The van der Waals surface area contributed by atoms with Gasteiger partial charge in [0.05, 0.1) is 17.1 Å². The van der Waals surface area contributed by atoms with Crippen LogP contribution in [0, 0.1) is 0 Å². The minimum atomic E-state index is -0.242. The van der Waals surface area contributed by atoms with E-state index in [1.54, 1.807) is 0 Å². The summed E-state index contributed by atoms with van der Waals surface area (Å²) in [6.45, 7) is 0.888. The fourth-order valence-corrected chi connectivity index (χ4v) is 4.90. The molecule has 0 bridgehead atoms. The van der Waals surface area contributed by atoms with E-state index in [4.69, 9.17) is 25.5 Å². The summed E-state index contributed by atoms with van der Waals surface area (Å²) in [5.41, 5.74) is 4.00. The van der Waals surface area contributed by atoms with Crippen molar-refractivity contribution in [1.82, 2.24) is 0 Å². The van der Waals surface area contributed by atoms with Crippen LogP contribution in [0.3, 0.4) is 0 Å². The first kappa shape index (κ1) is 19.3. The van der Waals surface area contributed by atoms with Crippen LogP contribution in [0.1, 0.15) is 23.1 Å². The number of halogens is 1. The Hall–Kier alpha value is -3.44. The van der Waals surface area contributed by atoms with Crippen molar-refractivity contribution < 1.29 is 13.9 Å². The zero-order valence-corrected chi connectivity index (χ0v) is 18.0. The van der Waals surface area contributed by atoms with Crippen LogP contribution >= 0.6 is 11.6 Å². The van der Waals surface area contributed by atoms with Crippen LogP contribution in [-0.4, -0.2) is 6.73 Å². The molecule has 2 aliphatic rings. The number of ether oxygens (including phenoxy) is 2.